The topological polar surface area (TPSA) is 44.8 Å². The maximum atomic E-state index is 11.5. The molecule has 0 fully saturated rings. The van der Waals surface area contributed by atoms with Crippen LogP contribution in [0.4, 0.5) is 0 Å². The van der Waals surface area contributed by atoms with Gasteiger partial charge in [0.05, 0.1) is 41.2 Å². The van der Waals surface area contributed by atoms with E-state index < -0.39 is 0 Å². The zero-order chi connectivity index (χ0) is 24.4. The fraction of sp³-hybridized carbons (Fsp3) is 0.400. The molecule has 0 spiro atoms. The van der Waals surface area contributed by atoms with Crippen LogP contribution in [-0.2, 0) is 9.53 Å². The molecule has 0 atom stereocenters. The summed E-state index contributed by atoms with van der Waals surface area (Å²) >= 11 is 16.6. The number of unbranched alkanes of at least 4 members (excludes halogenated alkanes) is 1. The third kappa shape index (κ3) is 7.51. The predicted octanol–water partition coefficient (Wildman–Crippen LogP) is 8.01. The van der Waals surface area contributed by atoms with Gasteiger partial charge in [0.15, 0.2) is 11.5 Å². The number of rotatable bonds is 12. The number of halogens is 2. The van der Waals surface area contributed by atoms with E-state index in [1.54, 1.807) is 37.7 Å². The van der Waals surface area contributed by atoms with Crippen molar-refractivity contribution in [1.82, 2.24) is 0 Å². The molecular formula is C25H30Cl2O4S2. The summed E-state index contributed by atoms with van der Waals surface area (Å²) in [5, 5.41) is 1.10. The highest BCUT2D eigenvalue weighted by atomic mass is 35.5. The Morgan fingerprint density at radius 2 is 1.36 bits per heavy atom. The van der Waals surface area contributed by atoms with E-state index in [2.05, 4.69) is 32.1 Å². The lowest BCUT2D eigenvalue weighted by molar-refractivity contribution is -0.140. The molecule has 0 unspecified atom stereocenters. The van der Waals surface area contributed by atoms with Crippen molar-refractivity contribution in [3.63, 3.8) is 0 Å². The fourth-order valence-electron chi connectivity index (χ4n) is 3.37. The van der Waals surface area contributed by atoms with Gasteiger partial charge in [-0.3, -0.25) is 4.79 Å². The quantitative estimate of drug-likeness (QED) is 0.158. The lowest BCUT2D eigenvalue weighted by atomic mass is 9.96. The second kappa shape index (κ2) is 14.1. The second-order valence-corrected chi connectivity index (χ2v) is 10.4. The number of thioether (sulfide) groups is 2. The van der Waals surface area contributed by atoms with Crippen molar-refractivity contribution < 1.29 is 19.0 Å². The monoisotopic (exact) mass is 528 g/mol. The van der Waals surface area contributed by atoms with Crippen molar-refractivity contribution in [3.05, 3.63) is 51.5 Å². The van der Waals surface area contributed by atoms with Gasteiger partial charge in [-0.05, 0) is 65.3 Å². The van der Waals surface area contributed by atoms with Gasteiger partial charge in [0, 0.05) is 6.42 Å². The Morgan fingerprint density at radius 1 is 0.879 bits per heavy atom. The molecule has 0 N–H and O–H groups in total. The maximum absolute atomic E-state index is 11.5. The van der Waals surface area contributed by atoms with E-state index in [9.17, 15) is 4.79 Å². The summed E-state index contributed by atoms with van der Waals surface area (Å²) in [6.45, 7) is 4.18. The minimum Gasteiger partial charge on any atom is -0.494 e. The highest BCUT2D eigenvalue weighted by Gasteiger charge is 2.17. The number of esters is 1. The van der Waals surface area contributed by atoms with Crippen LogP contribution in [0.15, 0.2) is 40.1 Å². The molecule has 0 aliphatic carbocycles. The van der Waals surface area contributed by atoms with E-state index >= 15 is 0 Å². The number of methoxy groups -OCH3 is 3. The van der Waals surface area contributed by atoms with Gasteiger partial charge in [-0.1, -0.05) is 43.1 Å². The number of allylic oxidation sites excluding steroid dienone is 1. The number of benzene rings is 2. The highest BCUT2D eigenvalue weighted by Crippen LogP contribution is 2.43. The summed E-state index contributed by atoms with van der Waals surface area (Å²) in [5.41, 5.74) is 2.91. The molecule has 0 amide bonds. The Morgan fingerprint density at radius 3 is 1.76 bits per heavy atom. The molecular weight excluding hydrogens is 499 g/mol. The molecule has 2 rings (SSSR count). The zero-order valence-corrected chi connectivity index (χ0v) is 22.8. The normalized spacial score (nSPS) is 10.6. The first kappa shape index (κ1) is 27.8. The highest BCUT2D eigenvalue weighted by molar-refractivity contribution is 7.99. The molecule has 0 bridgehead atoms. The Labute approximate surface area is 215 Å². The number of carbonyl (C=O) groups excluding carboxylic acids is 1. The zero-order valence-electron chi connectivity index (χ0n) is 19.6. The van der Waals surface area contributed by atoms with Crippen LogP contribution in [0.1, 0.15) is 44.2 Å². The molecule has 8 heteroatoms. The number of hydrogen-bond donors (Lipinski definition) is 0. The SMILES string of the molecule is CCSc1cc(C(=CCCCC(=O)OC)c2cc(Cl)c(OC)c(SCC)c2)cc(Cl)c1OC. The average Bonchev–Trinajstić information content (AvgIpc) is 2.79. The summed E-state index contributed by atoms with van der Waals surface area (Å²) < 4.78 is 15.9. The van der Waals surface area contributed by atoms with Crippen molar-refractivity contribution in [2.75, 3.05) is 32.8 Å². The first-order chi connectivity index (χ1) is 15.9. The van der Waals surface area contributed by atoms with Crippen molar-refractivity contribution in [2.24, 2.45) is 0 Å². The summed E-state index contributed by atoms with van der Waals surface area (Å²) in [5.74, 6) is 2.91. The average molecular weight is 530 g/mol. The summed E-state index contributed by atoms with van der Waals surface area (Å²) in [7, 11) is 4.66. The van der Waals surface area contributed by atoms with Crippen molar-refractivity contribution in [1.29, 1.82) is 0 Å². The van der Waals surface area contributed by atoms with Gasteiger partial charge in [-0.2, -0.15) is 0 Å². The van der Waals surface area contributed by atoms with Crippen molar-refractivity contribution >= 4 is 58.3 Å². The Balaban J connectivity index is 2.62. The minimum atomic E-state index is -0.215. The molecule has 2 aromatic rings. The predicted molar refractivity (Wildman–Crippen MR) is 142 cm³/mol. The van der Waals surface area contributed by atoms with Gasteiger partial charge in [0.25, 0.3) is 0 Å². The first-order valence-electron chi connectivity index (χ1n) is 10.7. The molecule has 180 valence electrons. The summed E-state index contributed by atoms with van der Waals surface area (Å²) in [6, 6.07) is 8.01. The standard InChI is InChI=1S/C25H30Cl2O4S2/c1-6-32-21-14-16(12-19(26)24(21)30-4)18(10-8-9-11-23(28)29-3)17-13-20(27)25(31-5)22(15-17)33-7-2/h10,12-15H,6-9,11H2,1-5H3. The van der Waals surface area contributed by atoms with Crippen LogP contribution in [0, 0.1) is 0 Å². The van der Waals surface area contributed by atoms with Crippen LogP contribution >= 0.6 is 46.7 Å². The largest absolute Gasteiger partial charge is 0.494 e. The molecule has 0 heterocycles. The molecule has 0 saturated carbocycles. The molecule has 0 aromatic heterocycles. The maximum Gasteiger partial charge on any atom is 0.305 e. The van der Waals surface area contributed by atoms with E-state index in [1.807, 2.05) is 12.1 Å². The smallest absolute Gasteiger partial charge is 0.305 e. The fourth-order valence-corrected chi connectivity index (χ4v) is 5.76. The molecule has 0 aliphatic heterocycles. The molecule has 0 aliphatic rings. The third-order valence-electron chi connectivity index (χ3n) is 4.81. The van der Waals surface area contributed by atoms with Crippen LogP contribution < -0.4 is 9.47 Å². The minimum absolute atomic E-state index is 0.215. The van der Waals surface area contributed by atoms with Crippen LogP contribution in [0.5, 0.6) is 11.5 Å². The van der Waals surface area contributed by atoms with E-state index in [1.165, 1.54) is 7.11 Å². The van der Waals surface area contributed by atoms with Gasteiger partial charge in [-0.25, -0.2) is 0 Å². The van der Waals surface area contributed by atoms with Gasteiger partial charge in [0.2, 0.25) is 0 Å². The van der Waals surface area contributed by atoms with E-state index in [4.69, 9.17) is 37.4 Å². The van der Waals surface area contributed by atoms with E-state index in [0.717, 1.165) is 38.0 Å². The van der Waals surface area contributed by atoms with Gasteiger partial charge in [0.1, 0.15) is 0 Å². The van der Waals surface area contributed by atoms with Crippen LogP contribution in [0.25, 0.3) is 5.57 Å². The lowest BCUT2D eigenvalue weighted by Gasteiger charge is -2.17. The summed E-state index contributed by atoms with van der Waals surface area (Å²) in [4.78, 5) is 13.5. The van der Waals surface area contributed by atoms with Crippen molar-refractivity contribution in [2.45, 2.75) is 42.9 Å². The number of hydrogen-bond acceptors (Lipinski definition) is 6. The number of carbonyl (C=O) groups is 1. The lowest BCUT2D eigenvalue weighted by Crippen LogP contribution is -1.99. The second-order valence-electron chi connectivity index (χ2n) is 6.93. The summed E-state index contributed by atoms with van der Waals surface area (Å²) in [6.07, 6.45) is 3.86. The molecule has 33 heavy (non-hydrogen) atoms. The molecule has 4 nitrogen and oxygen atoms in total. The Bertz CT molecular complexity index is 927. The Hall–Kier alpha value is -1.47. The van der Waals surface area contributed by atoms with Crippen LogP contribution in [0.3, 0.4) is 0 Å². The first-order valence-corrected chi connectivity index (χ1v) is 13.4. The third-order valence-corrected chi connectivity index (χ3v) is 7.18. The van der Waals surface area contributed by atoms with Crippen LogP contribution in [-0.4, -0.2) is 38.8 Å². The Kier molecular flexibility index (Phi) is 11.8. The van der Waals surface area contributed by atoms with E-state index in [0.29, 0.717) is 40.8 Å². The van der Waals surface area contributed by atoms with Crippen molar-refractivity contribution in [3.8, 4) is 11.5 Å². The van der Waals surface area contributed by atoms with Gasteiger partial charge < -0.3 is 14.2 Å². The van der Waals surface area contributed by atoms with Gasteiger partial charge in [-0.15, -0.1) is 23.5 Å². The van der Waals surface area contributed by atoms with Crippen LogP contribution in [0.2, 0.25) is 10.0 Å². The molecule has 0 radical (unpaired) electrons. The number of ether oxygens (including phenoxy) is 3. The van der Waals surface area contributed by atoms with E-state index in [-0.39, 0.29) is 5.97 Å². The molecule has 2 aromatic carbocycles. The molecule has 0 saturated heterocycles. The van der Waals surface area contributed by atoms with Gasteiger partial charge >= 0.3 is 5.97 Å².